The van der Waals surface area contributed by atoms with Crippen molar-refractivity contribution in [2.45, 2.75) is 13.5 Å². The average Bonchev–Trinajstić information content (AvgIpc) is 3.06. The van der Waals surface area contributed by atoms with Gasteiger partial charge in [-0.15, -0.1) is 12.4 Å². The highest BCUT2D eigenvalue weighted by Crippen LogP contribution is 2.28. The summed E-state index contributed by atoms with van der Waals surface area (Å²) in [4.78, 5) is 8.58. The van der Waals surface area contributed by atoms with Crippen molar-refractivity contribution >= 4 is 17.9 Å². The highest BCUT2D eigenvalue weighted by Gasteiger charge is 2.11. The smallest absolute Gasteiger partial charge is 0.137 e. The van der Waals surface area contributed by atoms with E-state index in [2.05, 4.69) is 46.3 Å². The van der Waals surface area contributed by atoms with E-state index in [9.17, 15) is 0 Å². The first kappa shape index (κ1) is 17.1. The number of nitrogens with two attached hydrogens (primary N) is 1. The summed E-state index contributed by atoms with van der Waals surface area (Å²) >= 11 is 0. The fourth-order valence-corrected chi connectivity index (χ4v) is 2.93. The Labute approximate surface area is 152 Å². The molecule has 0 aliphatic rings. The molecule has 5 nitrogen and oxygen atoms in total. The third-order valence-corrected chi connectivity index (χ3v) is 4.26. The Kier molecular flexibility index (Phi) is 4.79. The summed E-state index contributed by atoms with van der Waals surface area (Å²) in [5, 5.41) is 4.34. The molecule has 3 aromatic heterocycles. The second-order valence-electron chi connectivity index (χ2n) is 5.75. The van der Waals surface area contributed by atoms with Gasteiger partial charge in [0.05, 0.1) is 11.2 Å². The van der Waals surface area contributed by atoms with Crippen LogP contribution in [0, 0.1) is 6.92 Å². The van der Waals surface area contributed by atoms with Gasteiger partial charge in [-0.1, -0.05) is 12.1 Å². The van der Waals surface area contributed by atoms with Crippen LogP contribution in [0.2, 0.25) is 0 Å². The van der Waals surface area contributed by atoms with E-state index in [0.29, 0.717) is 6.54 Å². The van der Waals surface area contributed by atoms with Crippen molar-refractivity contribution in [3.63, 3.8) is 0 Å². The Morgan fingerprint density at radius 1 is 1.00 bits per heavy atom. The van der Waals surface area contributed by atoms with E-state index in [0.717, 1.165) is 33.5 Å². The molecule has 0 unspecified atom stereocenters. The summed E-state index contributed by atoms with van der Waals surface area (Å²) in [5.74, 6) is 0. The zero-order valence-corrected chi connectivity index (χ0v) is 14.6. The molecule has 126 valence electrons. The van der Waals surface area contributed by atoms with Crippen molar-refractivity contribution in [2.24, 2.45) is 5.73 Å². The first-order chi connectivity index (χ1) is 11.8. The van der Waals surface area contributed by atoms with Gasteiger partial charge in [-0.2, -0.15) is 5.10 Å². The molecule has 0 saturated heterocycles. The van der Waals surface area contributed by atoms with Crippen LogP contribution in [-0.2, 0) is 6.54 Å². The minimum Gasteiger partial charge on any atom is -0.326 e. The van der Waals surface area contributed by atoms with E-state index >= 15 is 0 Å². The first-order valence-electron chi connectivity index (χ1n) is 7.80. The molecule has 4 aromatic rings. The van der Waals surface area contributed by atoms with Crippen LogP contribution in [0.1, 0.15) is 11.1 Å². The third-order valence-electron chi connectivity index (χ3n) is 4.26. The summed E-state index contributed by atoms with van der Waals surface area (Å²) in [6, 6.07) is 12.3. The van der Waals surface area contributed by atoms with Gasteiger partial charge in [0.2, 0.25) is 0 Å². The van der Waals surface area contributed by atoms with Crippen LogP contribution in [-0.4, -0.2) is 19.6 Å². The predicted molar refractivity (Wildman–Crippen MR) is 102 cm³/mol. The summed E-state index contributed by atoms with van der Waals surface area (Å²) in [6.07, 6.45) is 7.18. The molecule has 0 radical (unpaired) electrons. The summed E-state index contributed by atoms with van der Waals surface area (Å²) in [6.45, 7) is 2.62. The van der Waals surface area contributed by atoms with Gasteiger partial charge >= 0.3 is 0 Å². The standard InChI is InChI=1S/C19H17N5.ClH/c1-13-8-15(2-3-16(13)10-20)19-18-9-17(11-24(18)23-12-22-19)14-4-6-21-7-5-14;/h2-9,11-12H,10,20H2,1H3;1H. The lowest BCUT2D eigenvalue weighted by molar-refractivity contribution is 0.906. The van der Waals surface area contributed by atoms with Gasteiger partial charge in [0.1, 0.15) is 6.33 Å². The highest BCUT2D eigenvalue weighted by atomic mass is 35.5. The maximum Gasteiger partial charge on any atom is 0.137 e. The van der Waals surface area contributed by atoms with Gasteiger partial charge in [-0.25, -0.2) is 9.50 Å². The fraction of sp³-hybridized carbons (Fsp3) is 0.105. The largest absolute Gasteiger partial charge is 0.326 e. The van der Waals surface area contributed by atoms with Gasteiger partial charge in [-0.3, -0.25) is 4.98 Å². The molecule has 0 atom stereocenters. The quantitative estimate of drug-likeness (QED) is 0.611. The molecule has 0 bridgehead atoms. The molecular formula is C19H18ClN5. The zero-order chi connectivity index (χ0) is 16.5. The lowest BCUT2D eigenvalue weighted by atomic mass is 10.0. The van der Waals surface area contributed by atoms with Crippen LogP contribution in [0.3, 0.4) is 0 Å². The number of benzene rings is 1. The second-order valence-corrected chi connectivity index (χ2v) is 5.75. The second kappa shape index (κ2) is 7.01. The molecule has 25 heavy (non-hydrogen) atoms. The van der Waals surface area contributed by atoms with Crippen LogP contribution in [0.5, 0.6) is 0 Å². The van der Waals surface area contributed by atoms with Crippen molar-refractivity contribution in [3.8, 4) is 22.4 Å². The van der Waals surface area contributed by atoms with E-state index in [4.69, 9.17) is 5.73 Å². The van der Waals surface area contributed by atoms with Gasteiger partial charge < -0.3 is 5.73 Å². The number of hydrogen-bond donors (Lipinski definition) is 1. The van der Waals surface area contributed by atoms with Gasteiger partial charge in [0, 0.05) is 36.3 Å². The Hall–Kier alpha value is -2.76. The molecule has 1 aromatic carbocycles. The van der Waals surface area contributed by atoms with Crippen LogP contribution in [0.25, 0.3) is 27.9 Å². The number of pyridine rings is 1. The summed E-state index contributed by atoms with van der Waals surface area (Å²) in [5.41, 5.74) is 13.2. The Morgan fingerprint density at radius 3 is 2.52 bits per heavy atom. The maximum atomic E-state index is 5.76. The normalized spacial score (nSPS) is 10.6. The molecular weight excluding hydrogens is 334 g/mol. The summed E-state index contributed by atoms with van der Waals surface area (Å²) in [7, 11) is 0. The van der Waals surface area contributed by atoms with Gasteiger partial charge in [-0.05, 0) is 47.9 Å². The van der Waals surface area contributed by atoms with E-state index < -0.39 is 0 Å². The molecule has 0 fully saturated rings. The highest BCUT2D eigenvalue weighted by molar-refractivity contribution is 5.85. The van der Waals surface area contributed by atoms with Gasteiger partial charge in [0.25, 0.3) is 0 Å². The zero-order valence-electron chi connectivity index (χ0n) is 13.8. The number of rotatable bonds is 3. The molecule has 0 spiro atoms. The topological polar surface area (TPSA) is 69.1 Å². The van der Waals surface area contributed by atoms with Crippen LogP contribution in [0.15, 0.2) is 61.3 Å². The summed E-state index contributed by atoms with van der Waals surface area (Å²) < 4.78 is 1.87. The van der Waals surface area contributed by atoms with Crippen molar-refractivity contribution in [1.29, 1.82) is 0 Å². The number of aryl methyl sites for hydroxylation is 1. The SMILES string of the molecule is Cc1cc(-c2ncnn3cc(-c4ccncc4)cc23)ccc1CN.Cl. The number of halogens is 1. The fourth-order valence-electron chi connectivity index (χ4n) is 2.93. The molecule has 0 amide bonds. The Bertz CT molecular complexity index is 1010. The predicted octanol–water partition coefficient (Wildman–Crippen LogP) is 3.65. The maximum absolute atomic E-state index is 5.76. The molecule has 0 saturated carbocycles. The van der Waals surface area contributed by atoms with Crippen LogP contribution >= 0.6 is 12.4 Å². The molecule has 0 aliphatic heterocycles. The molecule has 2 N–H and O–H groups in total. The molecule has 3 heterocycles. The minimum atomic E-state index is 0. The third kappa shape index (κ3) is 3.12. The van der Waals surface area contributed by atoms with Gasteiger partial charge in [0.15, 0.2) is 0 Å². The molecule has 4 rings (SSSR count). The minimum absolute atomic E-state index is 0. The van der Waals surface area contributed by atoms with E-state index in [-0.39, 0.29) is 12.4 Å². The van der Waals surface area contributed by atoms with Crippen molar-refractivity contribution in [1.82, 2.24) is 19.6 Å². The number of nitrogens with zero attached hydrogens (tertiary/aromatic N) is 4. The van der Waals surface area contributed by atoms with E-state index in [1.54, 1.807) is 18.7 Å². The number of aromatic nitrogens is 4. The lowest BCUT2D eigenvalue weighted by Crippen LogP contribution is -2.00. The Balaban J connectivity index is 0.00000182. The molecule has 0 aliphatic carbocycles. The van der Waals surface area contributed by atoms with Crippen LogP contribution in [0.4, 0.5) is 0 Å². The number of hydrogen-bond acceptors (Lipinski definition) is 4. The molecule has 6 heteroatoms. The van der Waals surface area contributed by atoms with Crippen molar-refractivity contribution in [2.75, 3.05) is 0 Å². The lowest BCUT2D eigenvalue weighted by Gasteiger charge is -2.07. The van der Waals surface area contributed by atoms with Crippen molar-refractivity contribution in [3.05, 3.63) is 72.4 Å². The number of fused-ring (bicyclic) bond motifs is 1. The first-order valence-corrected chi connectivity index (χ1v) is 7.80. The average molecular weight is 352 g/mol. The van der Waals surface area contributed by atoms with Crippen molar-refractivity contribution < 1.29 is 0 Å². The van der Waals surface area contributed by atoms with E-state index in [1.807, 2.05) is 22.8 Å². The monoisotopic (exact) mass is 351 g/mol. The Morgan fingerprint density at radius 2 is 1.80 bits per heavy atom. The van der Waals surface area contributed by atoms with E-state index in [1.165, 1.54) is 5.56 Å². The van der Waals surface area contributed by atoms with Crippen LogP contribution < -0.4 is 5.73 Å².